The van der Waals surface area contributed by atoms with Crippen molar-refractivity contribution in [3.63, 3.8) is 0 Å². The minimum absolute atomic E-state index is 0.0550. The van der Waals surface area contributed by atoms with Crippen LogP contribution in [0.25, 0.3) is 0 Å². The van der Waals surface area contributed by atoms with E-state index in [1.165, 1.54) is 4.31 Å². The fourth-order valence-corrected chi connectivity index (χ4v) is 4.89. The van der Waals surface area contributed by atoms with E-state index in [2.05, 4.69) is 15.5 Å². The zero-order valence-electron chi connectivity index (χ0n) is 16.1. The van der Waals surface area contributed by atoms with Gasteiger partial charge in [-0.05, 0) is 23.6 Å². The lowest BCUT2D eigenvalue weighted by Gasteiger charge is -2.16. The van der Waals surface area contributed by atoms with Gasteiger partial charge < -0.3 is 5.32 Å². The molecule has 2 heterocycles. The SMILES string of the molecule is Cc1ccccc1CC(=O)Nc1n[nH]c2c1CN(S(=O)(=O)Cc1ccccc1)C2. The second-order valence-corrected chi connectivity index (χ2v) is 9.16. The molecule has 0 aliphatic carbocycles. The average Bonchev–Trinajstić information content (AvgIpc) is 3.27. The molecule has 0 saturated heterocycles. The van der Waals surface area contributed by atoms with Crippen molar-refractivity contribution in [1.29, 1.82) is 0 Å². The minimum Gasteiger partial charge on any atom is -0.309 e. The Morgan fingerprint density at radius 2 is 1.83 bits per heavy atom. The Kier molecular flexibility index (Phi) is 5.21. The molecule has 0 saturated carbocycles. The maximum atomic E-state index is 12.8. The molecule has 150 valence electrons. The van der Waals surface area contributed by atoms with Gasteiger partial charge in [-0.1, -0.05) is 54.6 Å². The monoisotopic (exact) mass is 410 g/mol. The number of nitrogens with one attached hydrogen (secondary N) is 2. The first-order chi connectivity index (χ1) is 13.9. The molecular weight excluding hydrogens is 388 g/mol. The van der Waals surface area contributed by atoms with E-state index >= 15 is 0 Å². The Bertz CT molecular complexity index is 1140. The third-order valence-electron chi connectivity index (χ3n) is 5.08. The van der Waals surface area contributed by atoms with Gasteiger partial charge in [0.15, 0.2) is 5.82 Å². The predicted molar refractivity (Wildman–Crippen MR) is 110 cm³/mol. The molecule has 1 aliphatic rings. The third-order valence-corrected chi connectivity index (χ3v) is 6.82. The van der Waals surface area contributed by atoms with Crippen LogP contribution in [0.2, 0.25) is 0 Å². The van der Waals surface area contributed by atoms with Gasteiger partial charge in [-0.3, -0.25) is 9.89 Å². The van der Waals surface area contributed by atoms with Gasteiger partial charge >= 0.3 is 0 Å². The zero-order chi connectivity index (χ0) is 20.4. The summed E-state index contributed by atoms with van der Waals surface area (Å²) >= 11 is 0. The number of aromatic amines is 1. The summed E-state index contributed by atoms with van der Waals surface area (Å²) in [5, 5.41) is 9.84. The number of H-pyrrole nitrogens is 1. The van der Waals surface area contributed by atoms with Gasteiger partial charge in [0.05, 0.1) is 24.4 Å². The number of anilines is 1. The smallest absolute Gasteiger partial charge is 0.230 e. The van der Waals surface area contributed by atoms with Crippen molar-refractivity contribution in [3.05, 3.63) is 82.5 Å². The number of benzene rings is 2. The Balaban J connectivity index is 1.44. The second kappa shape index (κ2) is 7.81. The van der Waals surface area contributed by atoms with Crippen LogP contribution in [0.5, 0.6) is 0 Å². The number of fused-ring (bicyclic) bond motifs is 1. The quantitative estimate of drug-likeness (QED) is 0.653. The highest BCUT2D eigenvalue weighted by Gasteiger charge is 2.33. The van der Waals surface area contributed by atoms with Gasteiger partial charge in [-0.15, -0.1) is 0 Å². The van der Waals surface area contributed by atoms with Crippen LogP contribution in [-0.2, 0) is 40.1 Å². The number of hydrogen-bond acceptors (Lipinski definition) is 4. The summed E-state index contributed by atoms with van der Waals surface area (Å²) in [6.45, 7) is 2.39. The van der Waals surface area contributed by atoms with Crippen molar-refractivity contribution in [2.24, 2.45) is 0 Å². The number of aromatic nitrogens is 2. The van der Waals surface area contributed by atoms with Crippen molar-refractivity contribution in [1.82, 2.24) is 14.5 Å². The first-order valence-corrected chi connectivity index (χ1v) is 11.0. The summed E-state index contributed by atoms with van der Waals surface area (Å²) < 4.78 is 27.0. The van der Waals surface area contributed by atoms with E-state index < -0.39 is 10.0 Å². The highest BCUT2D eigenvalue weighted by molar-refractivity contribution is 7.88. The van der Waals surface area contributed by atoms with Crippen LogP contribution in [0, 0.1) is 6.92 Å². The molecule has 7 nitrogen and oxygen atoms in total. The van der Waals surface area contributed by atoms with Gasteiger partial charge in [-0.2, -0.15) is 9.40 Å². The van der Waals surface area contributed by atoms with Crippen molar-refractivity contribution < 1.29 is 13.2 Å². The molecule has 2 N–H and O–H groups in total. The molecule has 0 radical (unpaired) electrons. The van der Waals surface area contributed by atoms with Crippen LogP contribution < -0.4 is 5.32 Å². The van der Waals surface area contributed by atoms with E-state index in [-0.39, 0.29) is 31.2 Å². The van der Waals surface area contributed by atoms with Crippen LogP contribution in [0.4, 0.5) is 5.82 Å². The van der Waals surface area contributed by atoms with Gasteiger partial charge in [0.25, 0.3) is 0 Å². The summed E-state index contributed by atoms with van der Waals surface area (Å²) in [4.78, 5) is 12.5. The molecule has 1 amide bonds. The molecule has 0 bridgehead atoms. The first kappa shape index (κ1) is 19.4. The van der Waals surface area contributed by atoms with Gasteiger partial charge in [0.2, 0.25) is 15.9 Å². The minimum atomic E-state index is -3.48. The maximum Gasteiger partial charge on any atom is 0.230 e. The van der Waals surface area contributed by atoms with E-state index in [0.29, 0.717) is 11.5 Å². The highest BCUT2D eigenvalue weighted by atomic mass is 32.2. The van der Waals surface area contributed by atoms with Crippen LogP contribution in [0.1, 0.15) is 27.9 Å². The van der Waals surface area contributed by atoms with E-state index in [1.807, 2.05) is 49.4 Å². The Hall–Kier alpha value is -2.97. The Morgan fingerprint density at radius 1 is 1.10 bits per heavy atom. The molecule has 0 fully saturated rings. The topological polar surface area (TPSA) is 95.2 Å². The number of carbonyl (C=O) groups excluding carboxylic acids is 1. The largest absolute Gasteiger partial charge is 0.309 e. The normalized spacial score (nSPS) is 14.0. The molecule has 0 atom stereocenters. The number of sulfonamides is 1. The molecular formula is C21H22N4O3S. The maximum absolute atomic E-state index is 12.8. The number of hydrogen-bond donors (Lipinski definition) is 2. The first-order valence-electron chi connectivity index (χ1n) is 9.34. The van der Waals surface area contributed by atoms with Crippen LogP contribution >= 0.6 is 0 Å². The molecule has 1 aromatic heterocycles. The summed E-state index contributed by atoms with van der Waals surface area (Å²) in [5.41, 5.74) is 4.18. The molecule has 29 heavy (non-hydrogen) atoms. The molecule has 2 aromatic carbocycles. The molecule has 0 unspecified atom stereocenters. The number of aryl methyl sites for hydroxylation is 1. The lowest BCUT2D eigenvalue weighted by atomic mass is 10.1. The second-order valence-electron chi connectivity index (χ2n) is 7.19. The number of nitrogens with zero attached hydrogens (tertiary/aromatic N) is 2. The van der Waals surface area contributed by atoms with Crippen LogP contribution in [0.15, 0.2) is 54.6 Å². The Morgan fingerprint density at radius 3 is 2.59 bits per heavy atom. The van der Waals surface area contributed by atoms with E-state index in [0.717, 1.165) is 22.3 Å². The fraction of sp³-hybridized carbons (Fsp3) is 0.238. The third kappa shape index (κ3) is 4.23. The van der Waals surface area contributed by atoms with Gasteiger partial charge in [-0.25, -0.2) is 8.42 Å². The van der Waals surface area contributed by atoms with Gasteiger partial charge in [0.1, 0.15) is 0 Å². The number of rotatable bonds is 6. The Labute approximate surface area is 169 Å². The fourth-order valence-electron chi connectivity index (χ4n) is 3.44. The summed E-state index contributed by atoms with van der Waals surface area (Å²) in [7, 11) is -3.48. The molecule has 4 rings (SSSR count). The van der Waals surface area contributed by atoms with Gasteiger partial charge in [0, 0.05) is 12.1 Å². The number of carbonyl (C=O) groups is 1. The van der Waals surface area contributed by atoms with Crippen molar-refractivity contribution in [2.75, 3.05) is 5.32 Å². The average molecular weight is 410 g/mol. The van der Waals surface area contributed by atoms with Crippen molar-refractivity contribution in [2.45, 2.75) is 32.2 Å². The van der Waals surface area contributed by atoms with E-state index in [9.17, 15) is 13.2 Å². The van der Waals surface area contributed by atoms with E-state index in [4.69, 9.17) is 0 Å². The predicted octanol–water partition coefficient (Wildman–Crippen LogP) is 2.74. The molecule has 8 heteroatoms. The molecule has 1 aliphatic heterocycles. The van der Waals surface area contributed by atoms with Crippen molar-refractivity contribution in [3.8, 4) is 0 Å². The lowest BCUT2D eigenvalue weighted by Crippen LogP contribution is -2.27. The molecule has 3 aromatic rings. The molecule has 0 spiro atoms. The zero-order valence-corrected chi connectivity index (χ0v) is 16.9. The van der Waals surface area contributed by atoms with Crippen molar-refractivity contribution >= 4 is 21.7 Å². The number of amides is 1. The van der Waals surface area contributed by atoms with Crippen LogP contribution in [-0.4, -0.2) is 28.8 Å². The van der Waals surface area contributed by atoms with E-state index in [1.54, 1.807) is 12.1 Å². The lowest BCUT2D eigenvalue weighted by molar-refractivity contribution is -0.115. The standard InChI is InChI=1S/C21H22N4O3S/c1-15-7-5-6-10-17(15)11-20(26)22-21-18-12-25(13-19(18)23-24-21)29(27,28)14-16-8-3-2-4-9-16/h2-10H,11-14H2,1H3,(H2,22,23,24,26). The summed E-state index contributed by atoms with van der Waals surface area (Å²) in [6, 6.07) is 16.8. The summed E-state index contributed by atoms with van der Waals surface area (Å²) in [6.07, 6.45) is 0.240. The van der Waals surface area contributed by atoms with Crippen LogP contribution in [0.3, 0.4) is 0 Å². The highest BCUT2D eigenvalue weighted by Crippen LogP contribution is 2.30. The summed E-state index contributed by atoms with van der Waals surface area (Å²) in [5.74, 6) is 0.163.